The number of piperidine rings is 1. The fourth-order valence-electron chi connectivity index (χ4n) is 3.52. The number of methoxy groups -OCH3 is 2. The van der Waals surface area contributed by atoms with Crippen molar-refractivity contribution in [3.8, 4) is 23.1 Å². The number of hydrogen-bond donors (Lipinski definition) is 0. The summed E-state index contributed by atoms with van der Waals surface area (Å²) in [4.78, 5) is 23.6. The van der Waals surface area contributed by atoms with E-state index in [0.717, 1.165) is 12.8 Å². The van der Waals surface area contributed by atoms with E-state index < -0.39 is 0 Å². The molecule has 2 aromatic heterocycles. The molecule has 0 aliphatic carbocycles. The smallest absolute Gasteiger partial charge is 0.276 e. The number of benzene rings is 1. The molecule has 1 amide bonds. The van der Waals surface area contributed by atoms with Gasteiger partial charge in [0.2, 0.25) is 0 Å². The van der Waals surface area contributed by atoms with Crippen molar-refractivity contribution >= 4 is 5.91 Å². The lowest BCUT2D eigenvalue weighted by Crippen LogP contribution is -2.39. The van der Waals surface area contributed by atoms with Crippen molar-refractivity contribution in [3.05, 3.63) is 54.0 Å². The van der Waals surface area contributed by atoms with E-state index in [1.54, 1.807) is 38.6 Å². The average Bonchev–Trinajstić information content (AvgIpc) is 3.29. The highest BCUT2D eigenvalue weighted by atomic mass is 16.5. The summed E-state index contributed by atoms with van der Waals surface area (Å²) >= 11 is 0. The summed E-state index contributed by atoms with van der Waals surface area (Å²) < 4.78 is 15.9. The van der Waals surface area contributed by atoms with Gasteiger partial charge in [-0.25, -0.2) is 0 Å². The van der Waals surface area contributed by atoms with Crippen molar-refractivity contribution in [2.75, 3.05) is 27.3 Å². The van der Waals surface area contributed by atoms with E-state index >= 15 is 0 Å². The van der Waals surface area contributed by atoms with Crippen molar-refractivity contribution in [1.29, 1.82) is 0 Å². The van der Waals surface area contributed by atoms with E-state index in [1.807, 2.05) is 23.1 Å². The Bertz CT molecular complexity index is 989. The molecule has 8 heteroatoms. The summed E-state index contributed by atoms with van der Waals surface area (Å²) in [6.45, 7) is 1.23. The van der Waals surface area contributed by atoms with Crippen LogP contribution in [0.2, 0.25) is 0 Å². The standard InChI is InChI=1S/C21H22N4O4/c1-27-17-9-8-14(12-18(17)28-2)21(26)25-11-5-6-15(13-25)19-23-20(29-24-19)16-7-3-4-10-22-16/h3-4,7-10,12,15H,5-6,11,13H2,1-2H3/t15-/m1/s1. The van der Waals surface area contributed by atoms with Crippen LogP contribution in [0.25, 0.3) is 11.6 Å². The fourth-order valence-corrected chi connectivity index (χ4v) is 3.52. The highest BCUT2D eigenvalue weighted by molar-refractivity contribution is 5.95. The van der Waals surface area contributed by atoms with E-state index in [2.05, 4.69) is 15.1 Å². The Morgan fingerprint density at radius 3 is 2.79 bits per heavy atom. The number of hydrogen-bond acceptors (Lipinski definition) is 7. The molecular weight excluding hydrogens is 372 g/mol. The Morgan fingerprint density at radius 1 is 1.17 bits per heavy atom. The largest absolute Gasteiger partial charge is 0.493 e. The maximum absolute atomic E-state index is 13.0. The number of aromatic nitrogens is 3. The van der Waals surface area contributed by atoms with E-state index in [-0.39, 0.29) is 11.8 Å². The first-order chi connectivity index (χ1) is 14.2. The number of rotatable bonds is 5. The molecule has 3 heterocycles. The SMILES string of the molecule is COc1ccc(C(=O)N2CCC[C@@H](c3noc(-c4ccccn4)n3)C2)cc1OC. The lowest BCUT2D eigenvalue weighted by Gasteiger charge is -2.31. The second-order valence-corrected chi connectivity index (χ2v) is 6.83. The van der Waals surface area contributed by atoms with Crippen LogP contribution in [0, 0.1) is 0 Å². The van der Waals surface area contributed by atoms with Crippen LogP contribution in [0.1, 0.15) is 34.9 Å². The minimum Gasteiger partial charge on any atom is -0.493 e. The van der Waals surface area contributed by atoms with Crippen molar-refractivity contribution in [2.24, 2.45) is 0 Å². The Morgan fingerprint density at radius 2 is 2.03 bits per heavy atom. The zero-order valence-electron chi connectivity index (χ0n) is 16.4. The van der Waals surface area contributed by atoms with Crippen molar-refractivity contribution < 1.29 is 18.8 Å². The van der Waals surface area contributed by atoms with E-state index in [1.165, 1.54) is 0 Å². The third-order valence-corrected chi connectivity index (χ3v) is 5.03. The van der Waals surface area contributed by atoms with Gasteiger partial charge in [-0.2, -0.15) is 4.98 Å². The van der Waals surface area contributed by atoms with Gasteiger partial charge >= 0.3 is 0 Å². The molecule has 4 rings (SSSR count). The summed E-state index contributed by atoms with van der Waals surface area (Å²) in [5.41, 5.74) is 1.20. The number of ether oxygens (including phenoxy) is 2. The quantitative estimate of drug-likeness (QED) is 0.656. The van der Waals surface area contributed by atoms with Gasteiger partial charge in [-0.1, -0.05) is 11.2 Å². The van der Waals surface area contributed by atoms with Crippen LogP contribution in [0.15, 0.2) is 47.1 Å². The lowest BCUT2D eigenvalue weighted by molar-refractivity contribution is 0.0703. The summed E-state index contributed by atoms with van der Waals surface area (Å²) in [5.74, 6) is 2.09. The van der Waals surface area contributed by atoms with Crippen LogP contribution < -0.4 is 9.47 Å². The van der Waals surface area contributed by atoms with Crippen LogP contribution in [-0.4, -0.2) is 53.2 Å². The van der Waals surface area contributed by atoms with Gasteiger partial charge in [0, 0.05) is 30.8 Å². The molecule has 0 N–H and O–H groups in total. The Kier molecular flexibility index (Phi) is 5.41. The summed E-state index contributed by atoms with van der Waals surface area (Å²) in [7, 11) is 3.12. The first kappa shape index (κ1) is 18.9. The zero-order valence-corrected chi connectivity index (χ0v) is 16.4. The number of nitrogens with zero attached hydrogens (tertiary/aromatic N) is 4. The highest BCUT2D eigenvalue weighted by Crippen LogP contribution is 2.30. The topological polar surface area (TPSA) is 90.6 Å². The van der Waals surface area contributed by atoms with Crippen molar-refractivity contribution in [2.45, 2.75) is 18.8 Å². The van der Waals surface area contributed by atoms with E-state index in [4.69, 9.17) is 14.0 Å². The fraction of sp³-hybridized carbons (Fsp3) is 0.333. The van der Waals surface area contributed by atoms with Gasteiger partial charge in [0.1, 0.15) is 5.69 Å². The van der Waals surface area contributed by atoms with Gasteiger partial charge in [0.15, 0.2) is 17.3 Å². The molecule has 1 saturated heterocycles. The second-order valence-electron chi connectivity index (χ2n) is 6.83. The Balaban J connectivity index is 1.50. The molecule has 1 aliphatic heterocycles. The van der Waals surface area contributed by atoms with Gasteiger partial charge in [-0.15, -0.1) is 0 Å². The normalized spacial score (nSPS) is 16.5. The number of pyridine rings is 1. The first-order valence-electron chi connectivity index (χ1n) is 9.46. The minimum absolute atomic E-state index is 0.0223. The van der Waals surface area contributed by atoms with Crippen LogP contribution in [-0.2, 0) is 0 Å². The molecule has 0 bridgehead atoms. The van der Waals surface area contributed by atoms with Crippen LogP contribution in [0.5, 0.6) is 11.5 Å². The van der Waals surface area contributed by atoms with Gasteiger partial charge in [0.25, 0.3) is 11.8 Å². The predicted octanol–water partition coefficient (Wildman–Crippen LogP) is 3.17. The molecule has 8 nitrogen and oxygen atoms in total. The average molecular weight is 394 g/mol. The Labute approximate surface area is 168 Å². The molecule has 0 radical (unpaired) electrons. The number of amides is 1. The molecule has 29 heavy (non-hydrogen) atoms. The third kappa shape index (κ3) is 3.91. The van der Waals surface area contributed by atoms with Gasteiger partial charge in [-0.05, 0) is 43.2 Å². The van der Waals surface area contributed by atoms with Crippen LogP contribution in [0.3, 0.4) is 0 Å². The second kappa shape index (κ2) is 8.30. The van der Waals surface area contributed by atoms with E-state index in [9.17, 15) is 4.79 Å². The molecule has 1 aromatic carbocycles. The molecule has 1 fully saturated rings. The minimum atomic E-state index is -0.0518. The van der Waals surface area contributed by atoms with Gasteiger partial charge in [0.05, 0.1) is 14.2 Å². The van der Waals surface area contributed by atoms with Gasteiger partial charge < -0.3 is 18.9 Å². The van der Waals surface area contributed by atoms with Crippen molar-refractivity contribution in [1.82, 2.24) is 20.0 Å². The molecule has 3 aromatic rings. The maximum Gasteiger partial charge on any atom is 0.276 e. The molecule has 1 atom stereocenters. The monoisotopic (exact) mass is 394 g/mol. The first-order valence-corrected chi connectivity index (χ1v) is 9.46. The number of carbonyl (C=O) groups excluding carboxylic acids is 1. The van der Waals surface area contributed by atoms with Crippen LogP contribution in [0.4, 0.5) is 0 Å². The predicted molar refractivity (Wildman–Crippen MR) is 105 cm³/mol. The summed E-state index contributed by atoms with van der Waals surface area (Å²) in [5, 5.41) is 4.13. The lowest BCUT2D eigenvalue weighted by atomic mass is 9.96. The summed E-state index contributed by atoms with van der Waals surface area (Å²) in [6, 6.07) is 10.7. The maximum atomic E-state index is 13.0. The summed E-state index contributed by atoms with van der Waals surface area (Å²) in [6.07, 6.45) is 3.46. The highest BCUT2D eigenvalue weighted by Gasteiger charge is 2.29. The van der Waals surface area contributed by atoms with E-state index in [0.29, 0.717) is 47.6 Å². The van der Waals surface area contributed by atoms with Crippen LogP contribution >= 0.6 is 0 Å². The number of likely N-dealkylation sites (tertiary alicyclic amines) is 1. The number of carbonyl (C=O) groups is 1. The third-order valence-electron chi connectivity index (χ3n) is 5.03. The molecule has 1 aliphatic rings. The molecule has 0 unspecified atom stereocenters. The van der Waals surface area contributed by atoms with Crippen molar-refractivity contribution in [3.63, 3.8) is 0 Å². The molecule has 0 saturated carbocycles. The molecule has 0 spiro atoms. The Hall–Kier alpha value is -3.42. The zero-order chi connectivity index (χ0) is 20.2. The molecule has 150 valence electrons. The van der Waals surface area contributed by atoms with Gasteiger partial charge in [-0.3, -0.25) is 9.78 Å². The molecular formula is C21H22N4O4.